The number of methoxy groups -OCH3 is 1. The van der Waals surface area contributed by atoms with Gasteiger partial charge in [0.1, 0.15) is 18.2 Å². The Morgan fingerprint density at radius 1 is 1.10 bits per heavy atom. The number of nitrogens with zero attached hydrogens (tertiary/aromatic N) is 5. The van der Waals surface area contributed by atoms with Gasteiger partial charge in [0.05, 0.1) is 29.9 Å². The van der Waals surface area contributed by atoms with Crippen LogP contribution in [0.1, 0.15) is 27.2 Å². The van der Waals surface area contributed by atoms with Crippen molar-refractivity contribution in [2.24, 2.45) is 0 Å². The van der Waals surface area contributed by atoms with E-state index >= 15 is 0 Å². The Balaban J connectivity index is 1.74. The van der Waals surface area contributed by atoms with Gasteiger partial charge in [0, 0.05) is 38.1 Å². The number of aromatic nitrogens is 2. The molecule has 3 rings (SSSR count). The molecule has 0 fully saturated rings. The molecule has 1 amide bonds. The fourth-order valence-corrected chi connectivity index (χ4v) is 4.47. The molecule has 218 valence electrons. The zero-order valence-electron chi connectivity index (χ0n) is 24.2. The van der Waals surface area contributed by atoms with Gasteiger partial charge in [0.2, 0.25) is 5.91 Å². The van der Waals surface area contributed by atoms with Crippen LogP contribution in [0.3, 0.4) is 0 Å². The fraction of sp³-hybridized carbons (Fsp3) is 0.483. The van der Waals surface area contributed by atoms with Gasteiger partial charge in [0.25, 0.3) is 0 Å². The van der Waals surface area contributed by atoms with E-state index in [1.165, 1.54) is 12.4 Å². The molecule has 1 N–H and O–H groups in total. The summed E-state index contributed by atoms with van der Waals surface area (Å²) in [7, 11) is 5.32. The van der Waals surface area contributed by atoms with Crippen molar-refractivity contribution in [1.82, 2.24) is 24.7 Å². The summed E-state index contributed by atoms with van der Waals surface area (Å²) in [6.07, 6.45) is 1.89. The van der Waals surface area contributed by atoms with E-state index in [1.54, 1.807) is 36.3 Å². The molecule has 40 heavy (non-hydrogen) atoms. The molecule has 3 aromatic rings. The number of halogens is 2. The highest BCUT2D eigenvalue weighted by Crippen LogP contribution is 2.36. The molecule has 0 aliphatic heterocycles. The molecule has 9 nitrogen and oxygen atoms in total. The second-order valence-corrected chi connectivity index (χ2v) is 10.1. The highest BCUT2D eigenvalue weighted by molar-refractivity contribution is 6.31. The molecule has 0 spiro atoms. The number of anilines is 2. The van der Waals surface area contributed by atoms with Gasteiger partial charge < -0.3 is 24.6 Å². The molecule has 1 unspecified atom stereocenters. The zero-order chi connectivity index (χ0) is 29.2. The third-order valence-electron chi connectivity index (χ3n) is 6.87. The summed E-state index contributed by atoms with van der Waals surface area (Å²) in [5, 5.41) is 3.66. The molecule has 1 aromatic heterocycles. The van der Waals surface area contributed by atoms with E-state index < -0.39 is 5.82 Å². The van der Waals surface area contributed by atoms with Gasteiger partial charge in [-0.3, -0.25) is 9.69 Å². The maximum atomic E-state index is 14.6. The predicted molar refractivity (Wildman–Crippen MR) is 158 cm³/mol. The topological polar surface area (TPSA) is 83.1 Å². The summed E-state index contributed by atoms with van der Waals surface area (Å²) < 4.78 is 26.5. The number of likely N-dealkylation sites (N-methyl/N-ethyl adjacent to an activating group) is 3. The van der Waals surface area contributed by atoms with E-state index in [0.717, 1.165) is 19.6 Å². The van der Waals surface area contributed by atoms with Gasteiger partial charge in [-0.25, -0.2) is 14.4 Å². The summed E-state index contributed by atoms with van der Waals surface area (Å²) in [5.41, 5.74) is 0.804. The first-order chi connectivity index (χ1) is 19.2. The van der Waals surface area contributed by atoms with Crippen LogP contribution >= 0.6 is 11.6 Å². The number of hydrogen-bond donors (Lipinski definition) is 1. The van der Waals surface area contributed by atoms with Gasteiger partial charge in [-0.05, 0) is 44.8 Å². The van der Waals surface area contributed by atoms with Crippen LogP contribution in [0, 0.1) is 5.82 Å². The number of ether oxygens (including phenoxy) is 2. The number of hydrogen-bond acceptors (Lipinski definition) is 8. The van der Waals surface area contributed by atoms with E-state index in [0.29, 0.717) is 47.7 Å². The maximum Gasteiger partial charge on any atom is 0.236 e. The predicted octanol–water partition coefficient (Wildman–Crippen LogP) is 5.06. The van der Waals surface area contributed by atoms with Crippen molar-refractivity contribution in [3.63, 3.8) is 0 Å². The van der Waals surface area contributed by atoms with E-state index in [9.17, 15) is 9.18 Å². The van der Waals surface area contributed by atoms with Gasteiger partial charge >= 0.3 is 0 Å². The molecule has 0 saturated heterocycles. The van der Waals surface area contributed by atoms with Crippen molar-refractivity contribution in [3.05, 3.63) is 47.5 Å². The minimum atomic E-state index is -0.566. The van der Waals surface area contributed by atoms with Gasteiger partial charge in [-0.1, -0.05) is 38.4 Å². The molecule has 1 heterocycles. The second kappa shape index (κ2) is 15.0. The van der Waals surface area contributed by atoms with Crippen LogP contribution in [0.5, 0.6) is 11.5 Å². The third kappa shape index (κ3) is 8.16. The molecule has 0 radical (unpaired) electrons. The molecular weight excluding hydrogens is 535 g/mol. The van der Waals surface area contributed by atoms with Crippen molar-refractivity contribution in [3.8, 4) is 11.5 Å². The number of nitrogens with one attached hydrogen (secondary N) is 1. The standard InChI is InChI=1S/C29H40ClFN6O3/c1-7-20(17-35(4)18-27(38)36(5)13-14-37(8-2)9-3)40-26-15-21-24(16-25(26)39-6)32-19-33-29(21)34-23-12-10-11-22(30)28(23)31/h10-12,15-16,19-20H,7-9,13-14,17-18H2,1-6H3,(H,32,33,34). The average Bonchev–Trinajstić information content (AvgIpc) is 2.95. The van der Waals surface area contributed by atoms with Crippen molar-refractivity contribution >= 4 is 39.9 Å². The van der Waals surface area contributed by atoms with Crippen LogP contribution in [0.25, 0.3) is 10.9 Å². The molecule has 0 bridgehead atoms. The van der Waals surface area contributed by atoms with Gasteiger partial charge in [-0.2, -0.15) is 0 Å². The molecule has 2 aromatic carbocycles. The maximum absolute atomic E-state index is 14.6. The molecule has 0 aliphatic rings. The fourth-order valence-electron chi connectivity index (χ4n) is 4.29. The first-order valence-electron chi connectivity index (χ1n) is 13.6. The summed E-state index contributed by atoms with van der Waals surface area (Å²) in [4.78, 5) is 27.5. The Kier molecular flexibility index (Phi) is 11.7. The van der Waals surface area contributed by atoms with Crippen molar-refractivity contribution in [2.75, 3.05) is 65.8 Å². The zero-order valence-corrected chi connectivity index (χ0v) is 25.0. The van der Waals surface area contributed by atoms with Crippen LogP contribution in [0.4, 0.5) is 15.9 Å². The third-order valence-corrected chi connectivity index (χ3v) is 7.16. The van der Waals surface area contributed by atoms with E-state index in [-0.39, 0.29) is 29.3 Å². The lowest BCUT2D eigenvalue weighted by molar-refractivity contribution is -0.131. The monoisotopic (exact) mass is 574 g/mol. The summed E-state index contributed by atoms with van der Waals surface area (Å²) >= 11 is 5.95. The summed E-state index contributed by atoms with van der Waals surface area (Å²) in [5.74, 6) is 0.918. The first-order valence-corrected chi connectivity index (χ1v) is 13.9. The highest BCUT2D eigenvalue weighted by atomic mass is 35.5. The number of amides is 1. The average molecular weight is 575 g/mol. The van der Waals surface area contributed by atoms with Crippen LogP contribution in [-0.4, -0.2) is 97.2 Å². The largest absolute Gasteiger partial charge is 0.493 e. The first kappa shape index (κ1) is 31.3. The Bertz CT molecular complexity index is 1280. The lowest BCUT2D eigenvalue weighted by atomic mass is 10.2. The van der Waals surface area contributed by atoms with Crippen LogP contribution in [0.2, 0.25) is 5.02 Å². The summed E-state index contributed by atoms with van der Waals surface area (Å²) in [6, 6.07) is 8.27. The van der Waals surface area contributed by atoms with E-state index in [2.05, 4.69) is 34.0 Å². The van der Waals surface area contributed by atoms with Crippen LogP contribution in [0.15, 0.2) is 36.7 Å². The van der Waals surface area contributed by atoms with Crippen LogP contribution < -0.4 is 14.8 Å². The number of carbonyl (C=O) groups is 1. The number of benzene rings is 2. The summed E-state index contributed by atoms with van der Waals surface area (Å²) in [6.45, 7) is 10.6. The lowest BCUT2D eigenvalue weighted by Gasteiger charge is -2.27. The quantitative estimate of drug-likeness (QED) is 0.270. The van der Waals surface area contributed by atoms with E-state index in [4.69, 9.17) is 21.1 Å². The number of carbonyl (C=O) groups excluding carboxylic acids is 1. The highest BCUT2D eigenvalue weighted by Gasteiger charge is 2.20. The molecule has 11 heteroatoms. The Labute approximate surface area is 241 Å². The molecular formula is C29H40ClFN6O3. The second-order valence-electron chi connectivity index (χ2n) is 9.66. The molecule has 0 saturated carbocycles. The molecule has 1 atom stereocenters. The van der Waals surface area contributed by atoms with E-state index in [1.807, 2.05) is 25.9 Å². The SMILES string of the molecule is CCC(CN(C)CC(=O)N(C)CCN(CC)CC)Oc1cc2c(Nc3cccc(Cl)c3F)ncnc2cc1OC. The van der Waals surface area contributed by atoms with Crippen molar-refractivity contribution in [1.29, 1.82) is 0 Å². The lowest BCUT2D eigenvalue weighted by Crippen LogP contribution is -2.43. The van der Waals surface area contributed by atoms with Crippen molar-refractivity contribution < 1.29 is 18.7 Å². The smallest absolute Gasteiger partial charge is 0.236 e. The normalized spacial score (nSPS) is 12.2. The number of rotatable bonds is 15. The van der Waals surface area contributed by atoms with Gasteiger partial charge in [0.15, 0.2) is 17.3 Å². The Hall–Kier alpha value is -3.21. The minimum absolute atomic E-state index is 0.0116. The Morgan fingerprint density at radius 2 is 1.85 bits per heavy atom. The molecule has 0 aliphatic carbocycles. The van der Waals surface area contributed by atoms with Gasteiger partial charge in [-0.15, -0.1) is 0 Å². The van der Waals surface area contributed by atoms with Crippen LogP contribution in [-0.2, 0) is 4.79 Å². The minimum Gasteiger partial charge on any atom is -0.493 e. The van der Waals surface area contributed by atoms with Crippen molar-refractivity contribution in [2.45, 2.75) is 33.3 Å². The number of fused-ring (bicyclic) bond motifs is 1. The Morgan fingerprint density at radius 3 is 2.52 bits per heavy atom.